The molecule has 1 heterocycles. The van der Waals surface area contributed by atoms with Crippen molar-refractivity contribution in [2.75, 3.05) is 7.05 Å². The van der Waals surface area contributed by atoms with E-state index in [0.717, 1.165) is 52.0 Å². The molecule has 1 fully saturated rings. The fourth-order valence-electron chi connectivity index (χ4n) is 5.11. The maximum atomic E-state index is 12.8. The maximum Gasteiger partial charge on any atom is 0.254 e. The van der Waals surface area contributed by atoms with Gasteiger partial charge >= 0.3 is 0 Å². The van der Waals surface area contributed by atoms with Crippen LogP contribution in [0.1, 0.15) is 63.1 Å². The standard InChI is InChI=1S/C29H30N2O3/c1-19-10-11-22(16-27(19)28(32)30-2)21-7-5-6-20(14-21)18-34-25-12-13-26-23(15-25)17-31(29(26)33)24-8-3-4-9-24/h5-7,10-16,24H,3-4,8-9,17-18H2,1-2H3,(H,30,32). The van der Waals surface area contributed by atoms with Crippen LogP contribution in [0, 0.1) is 6.92 Å². The van der Waals surface area contributed by atoms with Crippen LogP contribution in [-0.2, 0) is 13.2 Å². The van der Waals surface area contributed by atoms with Crippen molar-refractivity contribution in [1.29, 1.82) is 0 Å². The average molecular weight is 455 g/mol. The van der Waals surface area contributed by atoms with Gasteiger partial charge in [-0.25, -0.2) is 0 Å². The van der Waals surface area contributed by atoms with Crippen LogP contribution in [0.2, 0.25) is 0 Å². The molecule has 0 bridgehead atoms. The van der Waals surface area contributed by atoms with Gasteiger partial charge in [0.05, 0.1) is 0 Å². The molecule has 5 heteroatoms. The summed E-state index contributed by atoms with van der Waals surface area (Å²) in [4.78, 5) is 27.0. The normalized spacial score (nSPS) is 15.5. The molecule has 0 spiro atoms. The molecule has 0 atom stereocenters. The Hall–Kier alpha value is -3.60. The molecule has 174 valence electrons. The first-order chi connectivity index (χ1) is 16.5. The second-order valence-electron chi connectivity index (χ2n) is 9.29. The summed E-state index contributed by atoms with van der Waals surface area (Å²) in [6, 6.07) is 20.3. The molecule has 1 aliphatic carbocycles. The van der Waals surface area contributed by atoms with Crippen molar-refractivity contribution in [3.05, 3.63) is 88.5 Å². The average Bonchev–Trinajstić information content (AvgIpc) is 3.51. The van der Waals surface area contributed by atoms with Crippen molar-refractivity contribution in [2.45, 2.75) is 51.8 Å². The summed E-state index contributed by atoms with van der Waals surface area (Å²) >= 11 is 0. The van der Waals surface area contributed by atoms with E-state index < -0.39 is 0 Å². The van der Waals surface area contributed by atoms with Crippen LogP contribution in [0.25, 0.3) is 11.1 Å². The number of carbonyl (C=O) groups is 2. The summed E-state index contributed by atoms with van der Waals surface area (Å²) in [6.07, 6.45) is 4.66. The minimum Gasteiger partial charge on any atom is -0.489 e. The van der Waals surface area contributed by atoms with Crippen molar-refractivity contribution in [1.82, 2.24) is 10.2 Å². The summed E-state index contributed by atoms with van der Waals surface area (Å²) in [6.45, 7) is 3.06. The van der Waals surface area contributed by atoms with Crippen molar-refractivity contribution in [2.24, 2.45) is 0 Å². The Bertz CT molecular complexity index is 1240. The Labute approximate surface area is 200 Å². The number of nitrogens with one attached hydrogen (secondary N) is 1. The van der Waals surface area contributed by atoms with Crippen LogP contribution in [0.5, 0.6) is 5.75 Å². The van der Waals surface area contributed by atoms with Gasteiger partial charge in [-0.1, -0.05) is 43.2 Å². The van der Waals surface area contributed by atoms with Crippen LogP contribution in [0.4, 0.5) is 0 Å². The van der Waals surface area contributed by atoms with Crippen LogP contribution in [0.15, 0.2) is 60.7 Å². The van der Waals surface area contributed by atoms with E-state index in [4.69, 9.17) is 4.74 Å². The Morgan fingerprint density at radius 3 is 2.62 bits per heavy atom. The van der Waals surface area contributed by atoms with E-state index in [1.807, 2.05) is 66.4 Å². The Morgan fingerprint density at radius 1 is 1.03 bits per heavy atom. The Morgan fingerprint density at radius 2 is 1.82 bits per heavy atom. The van der Waals surface area contributed by atoms with E-state index in [1.54, 1.807) is 7.05 Å². The summed E-state index contributed by atoms with van der Waals surface area (Å²) in [7, 11) is 1.65. The number of ether oxygens (including phenoxy) is 1. The SMILES string of the molecule is CNC(=O)c1cc(-c2cccc(COc3ccc4c(c3)CN(C3CCCC3)C4=O)c2)ccc1C. The molecule has 5 nitrogen and oxygen atoms in total. The molecule has 0 unspecified atom stereocenters. The van der Waals surface area contributed by atoms with Gasteiger partial charge in [-0.3, -0.25) is 9.59 Å². The lowest BCUT2D eigenvalue weighted by molar-refractivity contribution is 0.0706. The highest BCUT2D eigenvalue weighted by atomic mass is 16.5. The number of fused-ring (bicyclic) bond motifs is 1. The lowest BCUT2D eigenvalue weighted by Gasteiger charge is -2.23. The fraction of sp³-hybridized carbons (Fsp3) is 0.310. The lowest BCUT2D eigenvalue weighted by Crippen LogP contribution is -2.33. The van der Waals surface area contributed by atoms with Gasteiger partial charge in [-0.2, -0.15) is 0 Å². The quantitative estimate of drug-likeness (QED) is 0.535. The zero-order valence-corrected chi connectivity index (χ0v) is 19.8. The second kappa shape index (κ2) is 9.34. The van der Waals surface area contributed by atoms with Gasteiger partial charge in [0.1, 0.15) is 12.4 Å². The van der Waals surface area contributed by atoms with E-state index >= 15 is 0 Å². The molecule has 0 radical (unpaired) electrons. The van der Waals surface area contributed by atoms with Gasteiger partial charge in [0.2, 0.25) is 0 Å². The van der Waals surface area contributed by atoms with Crippen LogP contribution >= 0.6 is 0 Å². The van der Waals surface area contributed by atoms with Gasteiger partial charge in [0.25, 0.3) is 11.8 Å². The third-order valence-electron chi connectivity index (χ3n) is 7.05. The van der Waals surface area contributed by atoms with Gasteiger partial charge in [-0.15, -0.1) is 0 Å². The number of amides is 2. The molecule has 34 heavy (non-hydrogen) atoms. The Kier molecular flexibility index (Phi) is 6.10. The van der Waals surface area contributed by atoms with Crippen molar-refractivity contribution >= 4 is 11.8 Å². The molecular weight excluding hydrogens is 424 g/mol. The number of aryl methyl sites for hydroxylation is 1. The molecule has 2 amide bonds. The number of benzene rings is 3. The third kappa shape index (κ3) is 4.30. The number of rotatable bonds is 6. The molecule has 2 aliphatic rings. The highest BCUT2D eigenvalue weighted by Crippen LogP contribution is 2.33. The van der Waals surface area contributed by atoms with E-state index in [-0.39, 0.29) is 11.8 Å². The van der Waals surface area contributed by atoms with Crippen molar-refractivity contribution < 1.29 is 14.3 Å². The summed E-state index contributed by atoms with van der Waals surface area (Å²) in [5, 5.41) is 2.71. The number of hydrogen-bond donors (Lipinski definition) is 1. The largest absolute Gasteiger partial charge is 0.489 e. The van der Waals surface area contributed by atoms with Gasteiger partial charge in [-0.05, 0) is 77.9 Å². The minimum absolute atomic E-state index is 0.0829. The zero-order chi connectivity index (χ0) is 23.7. The van der Waals surface area contributed by atoms with Crippen LogP contribution in [-0.4, -0.2) is 29.8 Å². The van der Waals surface area contributed by atoms with Crippen molar-refractivity contribution in [3.8, 4) is 16.9 Å². The number of carbonyl (C=O) groups excluding carboxylic acids is 2. The van der Waals surface area contributed by atoms with E-state index in [2.05, 4.69) is 11.4 Å². The first-order valence-corrected chi connectivity index (χ1v) is 12.0. The highest BCUT2D eigenvalue weighted by molar-refractivity contribution is 5.99. The number of nitrogens with zero attached hydrogens (tertiary/aromatic N) is 1. The van der Waals surface area contributed by atoms with Crippen LogP contribution in [0.3, 0.4) is 0 Å². The van der Waals surface area contributed by atoms with Gasteiger partial charge in [0, 0.05) is 30.8 Å². The number of hydrogen-bond acceptors (Lipinski definition) is 3. The summed E-state index contributed by atoms with van der Waals surface area (Å²) < 4.78 is 6.11. The lowest BCUT2D eigenvalue weighted by atomic mass is 9.98. The molecule has 3 aromatic rings. The van der Waals surface area contributed by atoms with Crippen LogP contribution < -0.4 is 10.1 Å². The molecule has 1 saturated carbocycles. The first kappa shape index (κ1) is 22.2. The first-order valence-electron chi connectivity index (χ1n) is 12.0. The van der Waals surface area contributed by atoms with E-state index in [1.165, 1.54) is 12.8 Å². The Balaban J connectivity index is 1.29. The molecule has 3 aromatic carbocycles. The summed E-state index contributed by atoms with van der Waals surface area (Å²) in [5.74, 6) is 0.860. The molecule has 5 rings (SSSR count). The van der Waals surface area contributed by atoms with Crippen molar-refractivity contribution in [3.63, 3.8) is 0 Å². The molecule has 1 N–H and O–H groups in total. The highest BCUT2D eigenvalue weighted by Gasteiger charge is 2.34. The summed E-state index contributed by atoms with van der Waals surface area (Å²) in [5.41, 5.74) is 6.58. The topological polar surface area (TPSA) is 58.6 Å². The predicted molar refractivity (Wildman–Crippen MR) is 133 cm³/mol. The second-order valence-corrected chi connectivity index (χ2v) is 9.29. The fourth-order valence-corrected chi connectivity index (χ4v) is 5.11. The molecular formula is C29H30N2O3. The monoisotopic (exact) mass is 454 g/mol. The zero-order valence-electron chi connectivity index (χ0n) is 19.8. The smallest absolute Gasteiger partial charge is 0.254 e. The minimum atomic E-state index is -0.0829. The molecule has 1 aliphatic heterocycles. The third-order valence-corrected chi connectivity index (χ3v) is 7.05. The van der Waals surface area contributed by atoms with E-state index in [0.29, 0.717) is 24.8 Å². The molecule has 0 aromatic heterocycles. The van der Waals surface area contributed by atoms with Gasteiger partial charge < -0.3 is 15.0 Å². The maximum absolute atomic E-state index is 12.8. The molecule has 0 saturated heterocycles. The van der Waals surface area contributed by atoms with E-state index in [9.17, 15) is 9.59 Å². The van der Waals surface area contributed by atoms with Gasteiger partial charge in [0.15, 0.2) is 0 Å². The predicted octanol–water partition coefficient (Wildman–Crippen LogP) is 5.50.